The first kappa shape index (κ1) is 15.3. The maximum absolute atomic E-state index is 6.07. The van der Waals surface area contributed by atoms with Gasteiger partial charge in [0.05, 0.1) is 0 Å². The summed E-state index contributed by atoms with van der Waals surface area (Å²) in [6, 6.07) is 27.6. The van der Waals surface area contributed by atoms with Crippen molar-refractivity contribution in [2.45, 2.75) is 0 Å². The molecule has 4 aromatic rings. The van der Waals surface area contributed by atoms with Crippen molar-refractivity contribution in [2.24, 2.45) is 0 Å². The van der Waals surface area contributed by atoms with Crippen molar-refractivity contribution >= 4 is 31.6 Å². The molecule has 0 saturated carbocycles. The molecule has 1 aromatic heterocycles. The van der Waals surface area contributed by atoms with E-state index in [1.807, 2.05) is 0 Å². The minimum absolute atomic E-state index is 0. The van der Waals surface area contributed by atoms with Gasteiger partial charge < -0.3 is 12.4 Å². The van der Waals surface area contributed by atoms with Crippen molar-refractivity contribution in [1.29, 1.82) is 0 Å². The van der Waals surface area contributed by atoms with Crippen LogP contribution in [0.4, 0.5) is 0 Å². The number of hydrogen-bond acceptors (Lipinski definition) is 0. The molecule has 1 heterocycles. The van der Waals surface area contributed by atoms with Crippen LogP contribution in [-0.2, 0) is 0 Å². The summed E-state index contributed by atoms with van der Waals surface area (Å²) in [5.41, 5.74) is 2.49. The molecule has 0 amide bonds. The molecule has 4 rings (SSSR count). The third-order valence-electron chi connectivity index (χ3n) is 3.60. The fraction of sp³-hybridized carbons (Fsp3) is 0. The molecule has 0 spiro atoms. The molecule has 0 atom stereocenters. The second kappa shape index (κ2) is 6.67. The van der Waals surface area contributed by atoms with Gasteiger partial charge in [-0.2, -0.15) is 0 Å². The molecule has 0 aliphatic carbocycles. The molecule has 108 valence electrons. The maximum atomic E-state index is 6.07. The van der Waals surface area contributed by atoms with Gasteiger partial charge in [-0.3, -0.25) is 0 Å². The van der Waals surface area contributed by atoms with E-state index in [1.54, 1.807) is 0 Å². The Labute approximate surface area is 145 Å². The predicted molar refractivity (Wildman–Crippen MR) is 88.4 cm³/mol. The van der Waals surface area contributed by atoms with Crippen molar-refractivity contribution in [3.8, 4) is 20.5 Å². The van der Waals surface area contributed by atoms with Crippen LogP contribution < -0.4 is 12.4 Å². The molecule has 0 unspecified atom stereocenters. The number of rotatable bonds is 2. The third-order valence-corrected chi connectivity index (χ3v) is 5.87. The quantitative estimate of drug-likeness (QED) is 0.357. The third kappa shape index (κ3) is 2.83. The second-order valence-corrected chi connectivity index (χ2v) is 7.14. The average Bonchev–Trinajstić information content (AvgIpc) is 3.05. The SMILES string of the molecule is [Cl-].c1ccc(-c2cc(-c3cccc4ccccc34)[o+][te]2)cc1. The Morgan fingerprint density at radius 3 is 2.32 bits per heavy atom. The van der Waals surface area contributed by atoms with Gasteiger partial charge in [-0.05, 0) is 0 Å². The Kier molecular flexibility index (Phi) is 4.64. The number of hydrogen-bond donors (Lipinski definition) is 0. The molecular weight excluding hydrogens is 407 g/mol. The first-order valence-corrected chi connectivity index (χ1v) is 9.00. The predicted octanol–water partition coefficient (Wildman–Crippen LogP) is 2.11. The normalized spacial score (nSPS) is 10.4. The van der Waals surface area contributed by atoms with Gasteiger partial charge in [-0.15, -0.1) is 0 Å². The summed E-state index contributed by atoms with van der Waals surface area (Å²) < 4.78 is 7.43. The molecule has 22 heavy (non-hydrogen) atoms. The fourth-order valence-electron chi connectivity index (χ4n) is 2.55. The zero-order valence-corrected chi connectivity index (χ0v) is 14.8. The van der Waals surface area contributed by atoms with Crippen LogP contribution in [0.15, 0.2) is 81.6 Å². The summed E-state index contributed by atoms with van der Waals surface area (Å²) >= 11 is -0.590. The van der Waals surface area contributed by atoms with Gasteiger partial charge in [-0.1, -0.05) is 0 Å². The minimum atomic E-state index is -0.590. The van der Waals surface area contributed by atoms with E-state index in [1.165, 1.54) is 25.5 Å². The Balaban J connectivity index is 0.00000144. The molecule has 0 N–H and O–H groups in total. The molecule has 0 aliphatic rings. The van der Waals surface area contributed by atoms with Crippen LogP contribution >= 0.6 is 0 Å². The van der Waals surface area contributed by atoms with Crippen LogP contribution in [0.3, 0.4) is 0 Å². The van der Waals surface area contributed by atoms with Gasteiger partial charge in [0.2, 0.25) is 0 Å². The van der Waals surface area contributed by atoms with Crippen molar-refractivity contribution in [1.82, 2.24) is 0 Å². The zero-order chi connectivity index (χ0) is 14.1. The first-order chi connectivity index (χ1) is 10.4. The Bertz CT molecular complexity index is 894. The van der Waals surface area contributed by atoms with E-state index in [0.717, 1.165) is 5.76 Å². The van der Waals surface area contributed by atoms with E-state index in [0.29, 0.717) is 0 Å². The number of fused-ring (bicyclic) bond motifs is 1. The van der Waals surface area contributed by atoms with Crippen LogP contribution in [0.25, 0.3) is 31.2 Å². The molecule has 0 aliphatic heterocycles. The van der Waals surface area contributed by atoms with E-state index >= 15 is 0 Å². The molecule has 3 aromatic carbocycles. The summed E-state index contributed by atoms with van der Waals surface area (Å²) in [5.74, 6) is 1.02. The fourth-order valence-corrected chi connectivity index (χ4v) is 4.57. The summed E-state index contributed by atoms with van der Waals surface area (Å²) in [7, 11) is 0. The molecule has 3 heteroatoms. The van der Waals surface area contributed by atoms with E-state index in [-0.39, 0.29) is 12.4 Å². The summed E-state index contributed by atoms with van der Waals surface area (Å²) in [6.45, 7) is 0. The molecule has 0 fully saturated rings. The second-order valence-electron chi connectivity index (χ2n) is 4.93. The Hall–Kier alpha value is -1.59. The topological polar surface area (TPSA) is 11.3 Å². The van der Waals surface area contributed by atoms with Gasteiger partial charge in [-0.25, -0.2) is 0 Å². The molecule has 0 saturated heterocycles. The van der Waals surface area contributed by atoms with Crippen molar-refractivity contribution in [3.63, 3.8) is 0 Å². The molecule has 0 radical (unpaired) electrons. The first-order valence-electron chi connectivity index (χ1n) is 6.88. The monoisotopic (exact) mass is 422 g/mol. The average molecular weight is 420 g/mol. The Morgan fingerprint density at radius 1 is 0.727 bits per heavy atom. The van der Waals surface area contributed by atoms with Crippen molar-refractivity contribution in [2.75, 3.05) is 0 Å². The van der Waals surface area contributed by atoms with Gasteiger partial charge >= 0.3 is 134 Å². The summed E-state index contributed by atoms with van der Waals surface area (Å²) in [4.78, 5) is 0. The van der Waals surface area contributed by atoms with Crippen LogP contribution in [0.2, 0.25) is 0 Å². The number of halogens is 1. The van der Waals surface area contributed by atoms with E-state index in [9.17, 15) is 0 Å². The van der Waals surface area contributed by atoms with Gasteiger partial charge in [0, 0.05) is 0 Å². The van der Waals surface area contributed by atoms with Gasteiger partial charge in [0.15, 0.2) is 0 Å². The van der Waals surface area contributed by atoms with Crippen LogP contribution in [0.5, 0.6) is 0 Å². The van der Waals surface area contributed by atoms with E-state index < -0.39 is 20.9 Å². The van der Waals surface area contributed by atoms with Crippen molar-refractivity contribution in [3.05, 3.63) is 78.9 Å². The van der Waals surface area contributed by atoms with Crippen LogP contribution in [0, 0.1) is 0 Å². The molecule has 0 bridgehead atoms. The number of benzene rings is 3. The van der Waals surface area contributed by atoms with Gasteiger partial charge in [0.25, 0.3) is 0 Å². The van der Waals surface area contributed by atoms with Crippen molar-refractivity contribution < 1.29 is 15.2 Å². The summed E-state index contributed by atoms with van der Waals surface area (Å²) in [5, 5.41) is 2.52. The van der Waals surface area contributed by atoms with Gasteiger partial charge in [0.1, 0.15) is 0 Å². The van der Waals surface area contributed by atoms with E-state index in [4.69, 9.17) is 2.76 Å². The standard InChI is InChI=1S/C19H13OTe.ClH/c1-2-8-15(9-3-1)19-13-18(20-21-19)17-12-6-10-14-7-4-5-11-16(14)17;/h1-13H;1H/q+1;/p-1. The zero-order valence-electron chi connectivity index (χ0n) is 11.7. The van der Waals surface area contributed by atoms with Crippen LogP contribution in [-0.4, -0.2) is 20.9 Å². The summed E-state index contributed by atoms with van der Waals surface area (Å²) in [6.07, 6.45) is 0. The van der Waals surface area contributed by atoms with Crippen LogP contribution in [0.1, 0.15) is 0 Å². The van der Waals surface area contributed by atoms with E-state index in [2.05, 4.69) is 78.9 Å². The molecular formula is C19H13ClOTe. The molecule has 1 nitrogen and oxygen atoms in total. The Morgan fingerprint density at radius 2 is 1.45 bits per heavy atom.